The summed E-state index contributed by atoms with van der Waals surface area (Å²) in [4.78, 5) is 17.2. The Kier molecular flexibility index (Phi) is 5.70. The van der Waals surface area contributed by atoms with Crippen molar-refractivity contribution >= 4 is 5.91 Å². The number of halogens is 3. The number of alkyl halides is 3. The van der Waals surface area contributed by atoms with Crippen molar-refractivity contribution in [1.29, 1.82) is 0 Å². The van der Waals surface area contributed by atoms with Gasteiger partial charge in [0.1, 0.15) is 0 Å². The zero-order chi connectivity index (χ0) is 19.6. The van der Waals surface area contributed by atoms with E-state index in [1.165, 1.54) is 12.1 Å². The molecule has 26 heavy (non-hydrogen) atoms. The first kappa shape index (κ1) is 19.9. The van der Waals surface area contributed by atoms with E-state index in [9.17, 15) is 18.0 Å². The number of hydrogen-bond donors (Lipinski definition) is 1. The lowest BCUT2D eigenvalue weighted by Gasteiger charge is -2.28. The molecule has 0 spiro atoms. The molecule has 9 heteroatoms. The minimum Gasteiger partial charge on any atom is -0.366 e. The number of benzene rings is 1. The third-order valence-corrected chi connectivity index (χ3v) is 3.92. The van der Waals surface area contributed by atoms with Gasteiger partial charge in [-0.15, -0.1) is 0 Å². The van der Waals surface area contributed by atoms with E-state index in [-0.39, 0.29) is 11.9 Å². The maximum absolute atomic E-state index is 12.7. The van der Waals surface area contributed by atoms with E-state index in [1.807, 2.05) is 32.8 Å². The Labute approximate surface area is 149 Å². The number of rotatable bonds is 6. The number of carbonyl (C=O) groups excluding carboxylic acids is 1. The van der Waals surface area contributed by atoms with Crippen LogP contribution in [-0.2, 0) is 6.18 Å². The highest BCUT2D eigenvalue weighted by molar-refractivity contribution is 5.95. The normalized spacial score (nSPS) is 13.4. The molecule has 1 aromatic heterocycles. The molecule has 2 aromatic rings. The molecule has 2 N–H and O–H groups in total. The first-order valence-electron chi connectivity index (χ1n) is 8.02. The van der Waals surface area contributed by atoms with E-state index in [1.54, 1.807) is 6.07 Å². The molecular formula is C17H21F3N4O2. The van der Waals surface area contributed by atoms with Crippen molar-refractivity contribution in [3.05, 3.63) is 35.2 Å². The summed E-state index contributed by atoms with van der Waals surface area (Å²) in [6.07, 6.45) is -3.98. The van der Waals surface area contributed by atoms with Gasteiger partial charge in [0.15, 0.2) is 0 Å². The van der Waals surface area contributed by atoms with Crippen LogP contribution in [0.2, 0.25) is 0 Å². The quantitative estimate of drug-likeness (QED) is 0.841. The van der Waals surface area contributed by atoms with E-state index in [2.05, 4.69) is 14.7 Å². The third-order valence-electron chi connectivity index (χ3n) is 3.92. The van der Waals surface area contributed by atoms with Crippen LogP contribution >= 0.6 is 0 Å². The van der Waals surface area contributed by atoms with Crippen LogP contribution < -0.4 is 5.73 Å². The van der Waals surface area contributed by atoms with Gasteiger partial charge >= 0.3 is 12.1 Å². The molecule has 0 saturated heterocycles. The van der Waals surface area contributed by atoms with Gasteiger partial charge in [-0.1, -0.05) is 25.1 Å². The minimum absolute atomic E-state index is 0.147. The predicted molar refractivity (Wildman–Crippen MR) is 89.1 cm³/mol. The van der Waals surface area contributed by atoms with Crippen molar-refractivity contribution in [3.63, 3.8) is 0 Å². The second-order valence-electron chi connectivity index (χ2n) is 6.70. The molecule has 1 amide bonds. The topological polar surface area (TPSA) is 85.2 Å². The summed E-state index contributed by atoms with van der Waals surface area (Å²) in [6.45, 7) is 4.08. The number of aromatic nitrogens is 2. The standard InChI is InChI=1S/C17H21F3N4O2/c1-9(2)7-13(24(3)4)12-8-10(5-6-11(12)14(21)25)15-22-16(26-23-15)17(18,19)20/h5-6,8-9,13H,7H2,1-4H3,(H2,21,25). The highest BCUT2D eigenvalue weighted by atomic mass is 19.4. The van der Waals surface area contributed by atoms with Crippen molar-refractivity contribution in [2.24, 2.45) is 11.7 Å². The highest BCUT2D eigenvalue weighted by Gasteiger charge is 2.38. The number of carbonyl (C=O) groups is 1. The number of primary amides is 1. The Balaban J connectivity index is 2.54. The van der Waals surface area contributed by atoms with Gasteiger partial charge in [-0.05, 0) is 44.1 Å². The largest absolute Gasteiger partial charge is 0.471 e. The van der Waals surface area contributed by atoms with Crippen molar-refractivity contribution in [2.75, 3.05) is 14.1 Å². The molecule has 2 rings (SSSR count). The van der Waals surface area contributed by atoms with Crippen LogP contribution in [0.25, 0.3) is 11.4 Å². The molecule has 142 valence electrons. The Bertz CT molecular complexity index is 785. The van der Waals surface area contributed by atoms with Crippen LogP contribution in [0.1, 0.15) is 48.1 Å². The average molecular weight is 370 g/mol. The van der Waals surface area contributed by atoms with Crippen LogP contribution in [0, 0.1) is 5.92 Å². The zero-order valence-corrected chi connectivity index (χ0v) is 15.0. The lowest BCUT2D eigenvalue weighted by Crippen LogP contribution is -2.25. The predicted octanol–water partition coefficient (Wildman–Crippen LogP) is 3.50. The summed E-state index contributed by atoms with van der Waals surface area (Å²) < 4.78 is 42.3. The Morgan fingerprint density at radius 2 is 1.96 bits per heavy atom. The molecule has 0 bridgehead atoms. The Morgan fingerprint density at radius 1 is 1.31 bits per heavy atom. The minimum atomic E-state index is -4.72. The van der Waals surface area contributed by atoms with Crippen LogP contribution in [0.15, 0.2) is 22.7 Å². The van der Waals surface area contributed by atoms with E-state index in [0.29, 0.717) is 22.6 Å². The molecule has 1 atom stereocenters. The fourth-order valence-electron chi connectivity index (χ4n) is 2.72. The maximum Gasteiger partial charge on any atom is 0.471 e. The maximum atomic E-state index is 12.7. The number of amides is 1. The van der Waals surface area contributed by atoms with Gasteiger partial charge in [0, 0.05) is 17.2 Å². The summed E-state index contributed by atoms with van der Waals surface area (Å²) >= 11 is 0. The Morgan fingerprint density at radius 3 is 2.42 bits per heavy atom. The van der Waals surface area contributed by atoms with Crippen molar-refractivity contribution < 1.29 is 22.5 Å². The van der Waals surface area contributed by atoms with Crippen LogP contribution in [0.3, 0.4) is 0 Å². The van der Waals surface area contributed by atoms with Crippen LogP contribution in [-0.4, -0.2) is 35.0 Å². The van der Waals surface area contributed by atoms with E-state index >= 15 is 0 Å². The third kappa shape index (κ3) is 4.40. The van der Waals surface area contributed by atoms with Crippen molar-refractivity contribution in [3.8, 4) is 11.4 Å². The van der Waals surface area contributed by atoms with E-state index in [4.69, 9.17) is 5.73 Å². The number of nitrogens with two attached hydrogens (primary N) is 1. The molecule has 6 nitrogen and oxygen atoms in total. The molecule has 0 saturated carbocycles. The van der Waals surface area contributed by atoms with Crippen LogP contribution in [0.5, 0.6) is 0 Å². The van der Waals surface area contributed by atoms with Gasteiger partial charge in [0.2, 0.25) is 11.7 Å². The van der Waals surface area contributed by atoms with Gasteiger partial charge in [-0.25, -0.2) is 0 Å². The molecule has 1 unspecified atom stereocenters. The van der Waals surface area contributed by atoms with Crippen molar-refractivity contribution in [1.82, 2.24) is 15.0 Å². The summed E-state index contributed by atoms with van der Waals surface area (Å²) in [6, 6.07) is 4.38. The van der Waals surface area contributed by atoms with Gasteiger partial charge in [-0.2, -0.15) is 18.2 Å². The second kappa shape index (κ2) is 7.45. The van der Waals surface area contributed by atoms with E-state index in [0.717, 1.165) is 6.42 Å². The fourth-order valence-corrected chi connectivity index (χ4v) is 2.72. The lowest BCUT2D eigenvalue weighted by atomic mass is 9.91. The summed E-state index contributed by atoms with van der Waals surface area (Å²) in [5.41, 5.74) is 6.73. The molecule has 0 aliphatic rings. The average Bonchev–Trinajstić information content (AvgIpc) is 3.01. The van der Waals surface area contributed by atoms with Gasteiger partial charge in [-0.3, -0.25) is 4.79 Å². The zero-order valence-electron chi connectivity index (χ0n) is 15.0. The smallest absolute Gasteiger partial charge is 0.366 e. The van der Waals surface area contributed by atoms with Gasteiger partial charge in [0.05, 0.1) is 0 Å². The molecule has 0 aliphatic carbocycles. The summed E-state index contributed by atoms with van der Waals surface area (Å²) in [7, 11) is 3.72. The SMILES string of the molecule is CC(C)CC(c1cc(-c2noc(C(F)(F)F)n2)ccc1C(N)=O)N(C)C. The Hall–Kier alpha value is -2.42. The molecule has 0 fully saturated rings. The molecule has 1 heterocycles. The monoisotopic (exact) mass is 370 g/mol. The number of nitrogens with zero attached hydrogens (tertiary/aromatic N) is 3. The molecule has 0 aliphatic heterocycles. The van der Waals surface area contributed by atoms with E-state index < -0.39 is 18.0 Å². The second-order valence-corrected chi connectivity index (χ2v) is 6.70. The van der Waals surface area contributed by atoms with Gasteiger partial charge < -0.3 is 15.2 Å². The lowest BCUT2D eigenvalue weighted by molar-refractivity contribution is -0.159. The highest BCUT2D eigenvalue weighted by Crippen LogP contribution is 2.33. The molecular weight excluding hydrogens is 349 g/mol. The van der Waals surface area contributed by atoms with Crippen molar-refractivity contribution in [2.45, 2.75) is 32.5 Å². The first-order chi connectivity index (χ1) is 12.0. The first-order valence-corrected chi connectivity index (χ1v) is 8.02. The van der Waals surface area contributed by atoms with Gasteiger partial charge in [0.25, 0.3) is 0 Å². The molecule has 1 aromatic carbocycles. The fraction of sp³-hybridized carbons (Fsp3) is 0.471. The number of hydrogen-bond acceptors (Lipinski definition) is 5. The molecule has 0 radical (unpaired) electrons. The summed E-state index contributed by atoms with van der Waals surface area (Å²) in [5, 5.41) is 3.40. The summed E-state index contributed by atoms with van der Waals surface area (Å²) in [5.74, 6) is -1.89. The van der Waals surface area contributed by atoms with Crippen LogP contribution in [0.4, 0.5) is 13.2 Å².